The zero-order valence-electron chi connectivity index (χ0n) is 33.0. The van der Waals surface area contributed by atoms with Crippen LogP contribution in [0.1, 0.15) is 95.6 Å². The predicted octanol–water partition coefficient (Wildman–Crippen LogP) is 13.3. The molecule has 0 spiro atoms. The predicted molar refractivity (Wildman–Crippen MR) is 246 cm³/mol. The van der Waals surface area contributed by atoms with Crippen LogP contribution < -0.4 is 21.2 Å². The minimum absolute atomic E-state index is 0.213. The molecule has 7 rings (SSSR count). The maximum Gasteiger partial charge on any atom is 0.108 e. The maximum absolute atomic E-state index is 5.59. The number of unbranched alkanes of at least 4 members (excludes halogenated alkanes) is 1. The van der Waals surface area contributed by atoms with Crippen LogP contribution in [0.2, 0.25) is 0 Å². The summed E-state index contributed by atoms with van der Waals surface area (Å²) in [6.07, 6.45) is 12.4. The molecule has 4 aromatic rings. The molecule has 4 aromatic carbocycles. The van der Waals surface area contributed by atoms with E-state index in [2.05, 4.69) is 160 Å². The molecule has 0 aromatic heterocycles. The van der Waals surface area contributed by atoms with Crippen LogP contribution in [0.25, 0.3) is 0 Å². The van der Waals surface area contributed by atoms with Crippen molar-refractivity contribution in [1.29, 1.82) is 0 Å². The van der Waals surface area contributed by atoms with Crippen molar-refractivity contribution in [3.63, 3.8) is 0 Å². The van der Waals surface area contributed by atoms with Crippen LogP contribution in [-0.4, -0.2) is 33.6 Å². The molecule has 3 heterocycles. The summed E-state index contributed by atoms with van der Waals surface area (Å²) >= 11 is 0. The number of hydrogen-bond donors (Lipinski definition) is 0. The SMILES string of the molecule is [CH2-][P+]1(c2ccc([P+]([CH2-])(c3ccccc3)N(CCCC)[P+]3([CH2-])[C@@H](c4ccccc4)C=C[C@H]3c3ccccc3)cc2[P+]2([CH2-])[C@H](C)CC[C@H]2C)[C@H](C)CC[C@H]1C. The highest BCUT2D eigenvalue weighted by molar-refractivity contribution is 7.97. The molecule has 3 aliphatic heterocycles. The first-order valence-corrected chi connectivity index (χ1v) is 28.3. The van der Waals surface area contributed by atoms with Gasteiger partial charge in [-0.05, 0) is 107 Å². The van der Waals surface area contributed by atoms with E-state index < -0.39 is 29.4 Å². The van der Waals surface area contributed by atoms with Gasteiger partial charge in [0.25, 0.3) is 0 Å². The van der Waals surface area contributed by atoms with E-state index in [4.69, 9.17) is 26.7 Å². The molecular formula is C48H63NP4. The van der Waals surface area contributed by atoms with Crippen molar-refractivity contribution in [2.45, 2.75) is 107 Å². The van der Waals surface area contributed by atoms with Crippen LogP contribution in [0, 0.1) is 26.7 Å². The molecule has 0 N–H and O–H groups in total. The maximum atomic E-state index is 5.59. The van der Waals surface area contributed by atoms with Gasteiger partial charge in [0.05, 0.1) is 24.6 Å². The molecular weight excluding hydrogens is 714 g/mol. The molecule has 8 atom stereocenters. The van der Waals surface area contributed by atoms with E-state index in [0.717, 1.165) is 19.4 Å². The Labute approximate surface area is 326 Å². The number of benzene rings is 4. The monoisotopic (exact) mass is 777 g/mol. The summed E-state index contributed by atoms with van der Waals surface area (Å²) < 4.78 is 2.97. The van der Waals surface area contributed by atoms with Crippen molar-refractivity contribution in [2.75, 3.05) is 6.54 Å². The number of allylic oxidation sites excluding steroid dienone is 2. The highest BCUT2D eigenvalue weighted by atomic mass is 31.2. The molecule has 0 aliphatic carbocycles. The molecule has 280 valence electrons. The summed E-state index contributed by atoms with van der Waals surface area (Å²) in [6, 6.07) is 41.7. The van der Waals surface area contributed by atoms with Gasteiger partial charge in [-0.1, -0.05) is 107 Å². The first-order chi connectivity index (χ1) is 25.4. The van der Waals surface area contributed by atoms with Gasteiger partial charge in [-0.25, -0.2) is 0 Å². The zero-order chi connectivity index (χ0) is 37.6. The molecule has 2 unspecified atom stereocenters. The number of nitrogens with zero attached hydrogens (tertiary/aromatic N) is 1. The van der Waals surface area contributed by atoms with E-state index >= 15 is 0 Å². The zero-order valence-corrected chi connectivity index (χ0v) is 36.6. The second kappa shape index (κ2) is 15.7. The lowest BCUT2D eigenvalue weighted by molar-refractivity contribution is 0.622. The molecule has 53 heavy (non-hydrogen) atoms. The Balaban J connectivity index is 1.52. The third-order valence-corrected chi connectivity index (χ3v) is 33.0. The lowest BCUT2D eigenvalue weighted by atomic mass is 10.1. The molecule has 0 radical (unpaired) electrons. The van der Waals surface area contributed by atoms with E-state index in [9.17, 15) is 0 Å². The molecule has 0 saturated carbocycles. The largest absolute Gasteiger partial charge is 0.174 e. The van der Waals surface area contributed by atoms with Crippen molar-refractivity contribution in [2.24, 2.45) is 0 Å². The van der Waals surface area contributed by atoms with Crippen LogP contribution >= 0.6 is 29.4 Å². The van der Waals surface area contributed by atoms with Crippen LogP contribution in [0.5, 0.6) is 0 Å². The summed E-state index contributed by atoms with van der Waals surface area (Å²) in [4.78, 5) is 0. The fourth-order valence-electron chi connectivity index (χ4n) is 10.2. The van der Waals surface area contributed by atoms with E-state index in [1.165, 1.54) is 47.4 Å². The van der Waals surface area contributed by atoms with E-state index in [0.29, 0.717) is 22.6 Å². The van der Waals surface area contributed by atoms with Crippen molar-refractivity contribution in [3.05, 3.63) is 159 Å². The minimum atomic E-state index is -2.47. The number of rotatable bonds is 11. The molecule has 1 nitrogen and oxygen atoms in total. The Morgan fingerprint density at radius 3 is 1.47 bits per heavy atom. The van der Waals surface area contributed by atoms with Gasteiger partial charge in [-0.2, -0.15) is 20.0 Å². The molecule has 5 heteroatoms. The van der Waals surface area contributed by atoms with Crippen LogP contribution in [-0.2, 0) is 0 Å². The van der Waals surface area contributed by atoms with Gasteiger partial charge in [0.15, 0.2) is 0 Å². The average Bonchev–Trinajstić information content (AvgIpc) is 3.78. The molecule has 3 aliphatic rings. The Kier molecular flexibility index (Phi) is 11.7. The second-order valence-electron chi connectivity index (χ2n) is 16.6. The minimum Gasteiger partial charge on any atom is -0.174 e. The summed E-state index contributed by atoms with van der Waals surface area (Å²) in [5, 5.41) is 5.98. The summed E-state index contributed by atoms with van der Waals surface area (Å²) in [5.41, 5.74) is 5.69. The standard InChI is InChI=1S/C48H63NP4/c1-10-11-35-49(53(9)45(41-21-15-12-16-22-41)33-34-46(53)42-23-17-13-18-24-42)52(8,43-25-19-14-20-26-43)44-31-32-47(50(6)37(2)27-28-38(50)3)48(36-44)51(7)39(4)29-30-40(51)5/h12-26,31-34,36-40,45-46H,6-11,27-30,35H2,1-5H3/t37-,38-,39-,40-,45-,46+,52?,53?/m1/s1. The molecule has 2 fully saturated rings. The lowest BCUT2D eigenvalue weighted by Crippen LogP contribution is -2.42. The van der Waals surface area contributed by atoms with Gasteiger partial charge < -0.3 is 0 Å². The van der Waals surface area contributed by atoms with E-state index in [1.807, 2.05) is 0 Å². The Morgan fingerprint density at radius 1 is 0.585 bits per heavy atom. The van der Waals surface area contributed by atoms with Crippen molar-refractivity contribution < 1.29 is 0 Å². The summed E-state index contributed by atoms with van der Waals surface area (Å²) in [7, 11) is -8.16. The molecule has 0 bridgehead atoms. The van der Waals surface area contributed by atoms with E-state index in [-0.39, 0.29) is 11.3 Å². The quantitative estimate of drug-likeness (QED) is 0.0833. The highest BCUT2D eigenvalue weighted by Gasteiger charge is 2.60. The van der Waals surface area contributed by atoms with Crippen LogP contribution in [0.15, 0.2) is 121 Å². The summed E-state index contributed by atoms with van der Waals surface area (Å²) in [5.74, 6) is 0. The van der Waals surface area contributed by atoms with E-state index in [1.54, 1.807) is 10.6 Å². The first kappa shape index (κ1) is 39.5. The molecule has 2 saturated heterocycles. The second-order valence-corrected chi connectivity index (χ2v) is 31.6. The average molecular weight is 778 g/mol. The topological polar surface area (TPSA) is 3.24 Å². The van der Waals surface area contributed by atoms with Gasteiger partial charge in [-0.3, -0.25) is 0 Å². The highest BCUT2D eigenvalue weighted by Crippen LogP contribution is 2.90. The van der Waals surface area contributed by atoms with Crippen LogP contribution in [0.4, 0.5) is 0 Å². The molecule has 0 amide bonds. The van der Waals surface area contributed by atoms with Gasteiger partial charge in [0.1, 0.15) is 21.9 Å². The van der Waals surface area contributed by atoms with Crippen molar-refractivity contribution in [3.8, 4) is 0 Å². The third kappa shape index (κ3) is 6.51. The fraction of sp³-hybridized carbons (Fsp3) is 0.375. The first-order valence-electron chi connectivity index (χ1n) is 20.1. The van der Waals surface area contributed by atoms with Gasteiger partial charge in [-0.15, -0.1) is 11.1 Å². The Hall–Kier alpha value is -1.70. The van der Waals surface area contributed by atoms with Crippen molar-refractivity contribution >= 4 is 50.6 Å². The van der Waals surface area contributed by atoms with Gasteiger partial charge >= 0.3 is 0 Å². The summed E-state index contributed by atoms with van der Waals surface area (Å²) in [6.45, 7) is 35.1. The third-order valence-electron chi connectivity index (χ3n) is 13.9. The normalized spacial score (nSPS) is 30.2. The van der Waals surface area contributed by atoms with Crippen LogP contribution in [0.3, 0.4) is 0 Å². The lowest BCUT2D eigenvalue weighted by Gasteiger charge is -2.51. The van der Waals surface area contributed by atoms with Gasteiger partial charge in [0, 0.05) is 36.1 Å². The Morgan fingerprint density at radius 2 is 1.02 bits per heavy atom. The Bertz CT molecular complexity index is 1810. The smallest absolute Gasteiger partial charge is 0.108 e. The number of hydrogen-bond acceptors (Lipinski definition) is 1. The van der Waals surface area contributed by atoms with Gasteiger partial charge in [0.2, 0.25) is 0 Å². The van der Waals surface area contributed by atoms with Crippen molar-refractivity contribution in [1.82, 2.24) is 4.44 Å². The fourth-order valence-corrected chi connectivity index (χ4v) is 29.0.